The van der Waals surface area contributed by atoms with Gasteiger partial charge in [-0.05, 0) is 6.92 Å². The Labute approximate surface area is 77.4 Å². The highest BCUT2D eigenvalue weighted by Crippen LogP contribution is 2.44. The van der Waals surface area contributed by atoms with Crippen LogP contribution in [0.3, 0.4) is 0 Å². The van der Waals surface area contributed by atoms with Gasteiger partial charge in [0.2, 0.25) is 0 Å². The lowest BCUT2D eigenvalue weighted by Gasteiger charge is -2.24. The molecule has 0 aliphatic carbocycles. The number of rotatable bonds is 2. The summed E-state index contributed by atoms with van der Waals surface area (Å²) < 4.78 is 84.1. The van der Waals surface area contributed by atoms with Crippen molar-refractivity contribution in [2.45, 2.75) is 24.7 Å². The van der Waals surface area contributed by atoms with E-state index in [9.17, 15) is 30.7 Å². The van der Waals surface area contributed by atoms with Gasteiger partial charge in [0.1, 0.15) is 17.3 Å². The minimum atomic E-state index is -5.91. The molecule has 0 spiro atoms. The van der Waals surface area contributed by atoms with Crippen molar-refractivity contribution in [3.63, 3.8) is 0 Å². The maximum absolute atomic E-state index is 12.4. The average Bonchev–Trinajstić information content (AvgIpc) is 1.99. The number of allylic oxidation sites excluding steroid dienone is 2. The van der Waals surface area contributed by atoms with Crippen LogP contribution in [0.5, 0.6) is 0 Å². The van der Waals surface area contributed by atoms with Crippen LogP contribution < -0.4 is 0 Å². The summed E-state index contributed by atoms with van der Waals surface area (Å²) in [4.78, 5) is 0. The third-order valence-corrected chi connectivity index (χ3v) is 2.08. The molecule has 0 amide bonds. The van der Waals surface area contributed by atoms with E-state index in [2.05, 4.69) is 0 Å². The fraction of sp³-hybridized carbons (Fsp3) is 0.667. The van der Waals surface area contributed by atoms with Gasteiger partial charge in [-0.3, -0.25) is 0 Å². The SMILES string of the molecule is C/C(F)=C(\F)C(P)C(F)(F)C(F)(F)F. The molecule has 0 aromatic heterocycles. The largest absolute Gasteiger partial charge is 0.454 e. The van der Waals surface area contributed by atoms with Gasteiger partial charge in [-0.25, -0.2) is 8.78 Å². The van der Waals surface area contributed by atoms with Crippen molar-refractivity contribution in [2.75, 3.05) is 0 Å². The zero-order valence-electron chi connectivity index (χ0n) is 6.80. The summed E-state index contributed by atoms with van der Waals surface area (Å²) in [5.74, 6) is -9.14. The molecule has 0 saturated heterocycles. The Balaban J connectivity index is 5.05. The second-order valence-corrected chi connectivity index (χ2v) is 3.15. The van der Waals surface area contributed by atoms with Gasteiger partial charge in [-0.1, -0.05) is 0 Å². The first-order valence-corrected chi connectivity index (χ1v) is 3.90. The second kappa shape index (κ2) is 4.04. The van der Waals surface area contributed by atoms with Crippen molar-refractivity contribution in [3.05, 3.63) is 11.7 Å². The molecule has 0 aliphatic heterocycles. The molecule has 14 heavy (non-hydrogen) atoms. The molecule has 0 fully saturated rings. The Morgan fingerprint density at radius 3 is 1.64 bits per heavy atom. The maximum atomic E-state index is 12.4. The van der Waals surface area contributed by atoms with E-state index in [0.717, 1.165) is 9.24 Å². The molecule has 0 heterocycles. The topological polar surface area (TPSA) is 0 Å². The number of hydrogen-bond donors (Lipinski definition) is 0. The molecular weight excluding hydrogens is 236 g/mol. The molecule has 0 bridgehead atoms. The Bertz CT molecular complexity index is 237. The van der Waals surface area contributed by atoms with Crippen molar-refractivity contribution in [3.8, 4) is 0 Å². The maximum Gasteiger partial charge on any atom is 0.454 e. The Kier molecular flexibility index (Phi) is 3.95. The number of alkyl halides is 5. The highest BCUT2D eigenvalue weighted by molar-refractivity contribution is 7.18. The fourth-order valence-corrected chi connectivity index (χ4v) is 0.968. The van der Waals surface area contributed by atoms with E-state index in [4.69, 9.17) is 0 Å². The van der Waals surface area contributed by atoms with Crippen molar-refractivity contribution < 1.29 is 30.7 Å². The zero-order valence-corrected chi connectivity index (χ0v) is 7.96. The van der Waals surface area contributed by atoms with Crippen LogP contribution in [0, 0.1) is 0 Å². The smallest absolute Gasteiger partial charge is 0.209 e. The van der Waals surface area contributed by atoms with E-state index in [-0.39, 0.29) is 0 Å². The molecule has 0 saturated carbocycles. The first kappa shape index (κ1) is 13.7. The Morgan fingerprint density at radius 2 is 1.43 bits per heavy atom. The van der Waals surface area contributed by atoms with Crippen molar-refractivity contribution in [2.24, 2.45) is 0 Å². The van der Waals surface area contributed by atoms with Crippen LogP contribution in [0.4, 0.5) is 30.7 Å². The van der Waals surface area contributed by atoms with E-state index in [1.54, 1.807) is 0 Å². The van der Waals surface area contributed by atoms with Gasteiger partial charge in [0, 0.05) is 0 Å². The van der Waals surface area contributed by atoms with Crippen LogP contribution >= 0.6 is 9.24 Å². The van der Waals surface area contributed by atoms with E-state index in [0.29, 0.717) is 6.92 Å². The van der Waals surface area contributed by atoms with Gasteiger partial charge in [0.15, 0.2) is 0 Å². The molecule has 84 valence electrons. The Morgan fingerprint density at radius 1 is 1.07 bits per heavy atom. The van der Waals surface area contributed by atoms with Gasteiger partial charge in [-0.15, -0.1) is 9.24 Å². The standard InChI is InChI=1S/C6H6F7P/c1-2(7)3(8)4(14)5(9,10)6(11,12)13/h4H,14H2,1H3/b3-2+. The minimum Gasteiger partial charge on any atom is -0.209 e. The zero-order chi connectivity index (χ0) is 11.7. The summed E-state index contributed by atoms with van der Waals surface area (Å²) in [5.41, 5.74) is -2.94. The Hall–Kier alpha value is -0.320. The molecular formula is C6H6F7P. The molecule has 0 aliphatic rings. The lowest BCUT2D eigenvalue weighted by molar-refractivity contribution is -0.279. The predicted octanol–water partition coefficient (Wildman–Crippen LogP) is 3.60. The van der Waals surface area contributed by atoms with Gasteiger partial charge in [0.05, 0.1) is 0 Å². The molecule has 2 atom stereocenters. The quantitative estimate of drug-likeness (QED) is 0.512. The van der Waals surface area contributed by atoms with Gasteiger partial charge in [0.25, 0.3) is 0 Å². The van der Waals surface area contributed by atoms with Crippen LogP contribution in [0.25, 0.3) is 0 Å². The molecule has 0 aromatic rings. The first-order chi connectivity index (χ1) is 6.01. The third-order valence-electron chi connectivity index (χ3n) is 1.37. The fourth-order valence-electron chi connectivity index (χ4n) is 0.550. The van der Waals surface area contributed by atoms with E-state index in [1.165, 1.54) is 0 Å². The molecule has 0 N–H and O–H groups in total. The van der Waals surface area contributed by atoms with Crippen molar-refractivity contribution in [1.82, 2.24) is 0 Å². The number of hydrogen-bond acceptors (Lipinski definition) is 0. The molecule has 0 nitrogen and oxygen atoms in total. The third kappa shape index (κ3) is 2.59. The summed E-state index contributed by atoms with van der Waals surface area (Å²) in [7, 11) is 0.931. The summed E-state index contributed by atoms with van der Waals surface area (Å²) in [6.07, 6.45) is -5.91. The van der Waals surface area contributed by atoms with E-state index >= 15 is 0 Å². The van der Waals surface area contributed by atoms with Crippen molar-refractivity contribution in [1.29, 1.82) is 0 Å². The molecule has 8 heteroatoms. The number of halogens is 7. The van der Waals surface area contributed by atoms with E-state index < -0.39 is 29.4 Å². The van der Waals surface area contributed by atoms with Gasteiger partial charge < -0.3 is 0 Å². The summed E-state index contributed by atoms with van der Waals surface area (Å²) >= 11 is 0. The lowest BCUT2D eigenvalue weighted by atomic mass is 10.2. The minimum absolute atomic E-state index is 0.457. The van der Waals surface area contributed by atoms with Crippen LogP contribution in [0.15, 0.2) is 11.7 Å². The van der Waals surface area contributed by atoms with Crippen LogP contribution in [0.1, 0.15) is 6.92 Å². The highest BCUT2D eigenvalue weighted by Gasteiger charge is 2.62. The first-order valence-electron chi connectivity index (χ1n) is 3.23. The van der Waals surface area contributed by atoms with Crippen molar-refractivity contribution >= 4 is 9.24 Å². The lowest BCUT2D eigenvalue weighted by Crippen LogP contribution is -2.44. The molecule has 0 aromatic carbocycles. The van der Waals surface area contributed by atoms with Gasteiger partial charge in [-0.2, -0.15) is 22.0 Å². The predicted molar refractivity (Wildman–Crippen MR) is 39.4 cm³/mol. The van der Waals surface area contributed by atoms with Crippen LogP contribution in [-0.2, 0) is 0 Å². The normalized spacial score (nSPS) is 17.8. The summed E-state index contributed by atoms with van der Waals surface area (Å²) in [6, 6.07) is 0. The van der Waals surface area contributed by atoms with Gasteiger partial charge >= 0.3 is 12.1 Å². The average molecular weight is 242 g/mol. The molecule has 0 rings (SSSR count). The monoisotopic (exact) mass is 242 g/mol. The van der Waals surface area contributed by atoms with E-state index in [1.807, 2.05) is 0 Å². The van der Waals surface area contributed by atoms with Crippen LogP contribution in [-0.4, -0.2) is 17.8 Å². The second-order valence-electron chi connectivity index (χ2n) is 2.48. The summed E-state index contributed by atoms with van der Waals surface area (Å²) in [6.45, 7) is 0.457. The highest BCUT2D eigenvalue weighted by atomic mass is 31.0. The van der Waals surface area contributed by atoms with Crippen LogP contribution in [0.2, 0.25) is 0 Å². The molecule has 0 radical (unpaired) electrons. The summed E-state index contributed by atoms with van der Waals surface area (Å²) in [5, 5.41) is 0. The molecule has 2 unspecified atom stereocenters.